The van der Waals surface area contributed by atoms with E-state index in [1.165, 1.54) is 27.9 Å². The van der Waals surface area contributed by atoms with Crippen LogP contribution >= 0.6 is 0 Å². The van der Waals surface area contributed by atoms with Gasteiger partial charge in [-0.15, -0.1) is 0 Å². The number of hydrogen-bond donors (Lipinski definition) is 2. The van der Waals surface area contributed by atoms with Crippen LogP contribution in [0, 0.1) is 26.7 Å². The van der Waals surface area contributed by atoms with Gasteiger partial charge in [0.25, 0.3) is 11.8 Å². The number of carbonyl (C=O) groups excluding carboxylic acids is 2. The summed E-state index contributed by atoms with van der Waals surface area (Å²) >= 11 is 0. The Hall–Kier alpha value is -3.75. The second kappa shape index (κ2) is 11.6. The van der Waals surface area contributed by atoms with Crippen LogP contribution in [0.4, 0.5) is 5.69 Å². The molecule has 0 aliphatic carbocycles. The number of anilines is 1. The maximum Gasteiger partial charge on any atom is 0.274 e. The Morgan fingerprint density at radius 1 is 1.29 bits per heavy atom. The molecular formula is C27H36N6O7S. The minimum absolute atomic E-state index is 0.0102. The van der Waals surface area contributed by atoms with Gasteiger partial charge < -0.3 is 24.6 Å². The van der Waals surface area contributed by atoms with E-state index in [0.717, 1.165) is 0 Å². The summed E-state index contributed by atoms with van der Waals surface area (Å²) in [6, 6.07) is 5.94. The van der Waals surface area contributed by atoms with Crippen LogP contribution in [0.2, 0.25) is 0 Å². The van der Waals surface area contributed by atoms with Gasteiger partial charge in [-0.1, -0.05) is 18.1 Å². The number of aryl methyl sites for hydroxylation is 4. The SMILES string of the molecule is Cc1cc(C(=O)Nc2cccc3c2O[C@@H](CN(C)S(=O)(=O)c2c(C)noc2C)[C@@H](C)CN([C@H](C)CO)C3=O)n(C)n1. The summed E-state index contributed by atoms with van der Waals surface area (Å²) in [5, 5.41) is 20.7. The van der Waals surface area contributed by atoms with Crippen molar-refractivity contribution in [2.24, 2.45) is 13.0 Å². The number of likely N-dealkylation sites (N-methyl/N-ethyl adjacent to an activating group) is 1. The molecule has 2 amide bonds. The van der Waals surface area contributed by atoms with Gasteiger partial charge in [0, 0.05) is 26.6 Å². The summed E-state index contributed by atoms with van der Waals surface area (Å²) < 4.78 is 41.1. The fraction of sp³-hybridized carbons (Fsp3) is 0.481. The van der Waals surface area contributed by atoms with Crippen molar-refractivity contribution in [3.05, 3.63) is 52.7 Å². The molecule has 1 aliphatic rings. The molecule has 4 rings (SSSR count). The van der Waals surface area contributed by atoms with E-state index in [2.05, 4.69) is 15.6 Å². The van der Waals surface area contributed by atoms with Crippen LogP contribution in [0.5, 0.6) is 5.75 Å². The van der Waals surface area contributed by atoms with Gasteiger partial charge >= 0.3 is 0 Å². The number of carbonyl (C=O) groups is 2. The Bertz CT molecular complexity index is 1540. The number of rotatable bonds is 8. The van der Waals surface area contributed by atoms with Crippen LogP contribution in [-0.4, -0.2) is 88.4 Å². The molecule has 0 fully saturated rings. The standard InChI is InChI=1S/C27H36N6O7S/c1-15-12-33(17(3)14-34)27(36)20-9-8-10-21(28-26(35)22-11-16(2)29-32(22)7)24(20)39-23(15)13-31(6)41(37,38)25-18(4)30-40-19(25)5/h8-11,15,17,23,34H,12-14H2,1-7H3,(H,28,35)/t15-,17+,23-/m0/s1. The highest BCUT2D eigenvalue weighted by Gasteiger charge is 2.37. The lowest BCUT2D eigenvalue weighted by atomic mass is 9.99. The topological polar surface area (TPSA) is 160 Å². The first-order valence-corrected chi connectivity index (χ1v) is 14.6. The van der Waals surface area contributed by atoms with Gasteiger partial charge in [0.1, 0.15) is 22.4 Å². The van der Waals surface area contributed by atoms with Crippen molar-refractivity contribution in [3.8, 4) is 5.75 Å². The highest BCUT2D eigenvalue weighted by Crippen LogP contribution is 2.35. The molecular weight excluding hydrogens is 552 g/mol. The first-order chi connectivity index (χ1) is 19.3. The second-order valence-electron chi connectivity index (χ2n) is 10.5. The van der Waals surface area contributed by atoms with E-state index in [-0.39, 0.29) is 64.9 Å². The highest BCUT2D eigenvalue weighted by molar-refractivity contribution is 7.89. The molecule has 0 saturated carbocycles. The molecule has 41 heavy (non-hydrogen) atoms. The smallest absolute Gasteiger partial charge is 0.274 e. The number of benzene rings is 1. The molecule has 2 N–H and O–H groups in total. The molecule has 222 valence electrons. The summed E-state index contributed by atoms with van der Waals surface area (Å²) in [6.07, 6.45) is -0.743. The molecule has 3 aromatic rings. The number of aliphatic hydroxyl groups excluding tert-OH is 1. The fourth-order valence-electron chi connectivity index (χ4n) is 4.92. The maximum atomic E-state index is 13.7. The lowest BCUT2D eigenvalue weighted by Crippen LogP contribution is -2.50. The van der Waals surface area contributed by atoms with Crippen LogP contribution in [0.15, 0.2) is 33.7 Å². The van der Waals surface area contributed by atoms with Crippen LogP contribution in [0.1, 0.15) is 51.8 Å². The predicted molar refractivity (Wildman–Crippen MR) is 149 cm³/mol. The average Bonchev–Trinajstić information content (AvgIpc) is 3.45. The summed E-state index contributed by atoms with van der Waals surface area (Å²) in [5.74, 6) is -0.916. The number of aliphatic hydroxyl groups is 1. The van der Waals surface area contributed by atoms with E-state index < -0.39 is 28.1 Å². The molecule has 1 aliphatic heterocycles. The zero-order valence-electron chi connectivity index (χ0n) is 24.2. The number of amides is 2. The number of para-hydroxylation sites is 1. The Morgan fingerprint density at radius 3 is 2.59 bits per heavy atom. The Balaban J connectivity index is 1.75. The Labute approximate surface area is 239 Å². The Morgan fingerprint density at radius 2 is 2.00 bits per heavy atom. The van der Waals surface area contributed by atoms with Crippen molar-refractivity contribution in [1.29, 1.82) is 0 Å². The van der Waals surface area contributed by atoms with Gasteiger partial charge in [-0.05, 0) is 45.9 Å². The van der Waals surface area contributed by atoms with E-state index >= 15 is 0 Å². The second-order valence-corrected chi connectivity index (χ2v) is 12.5. The quantitative estimate of drug-likeness (QED) is 0.402. The number of sulfonamides is 1. The molecule has 0 radical (unpaired) electrons. The first kappa shape index (κ1) is 30.2. The lowest BCUT2D eigenvalue weighted by Gasteiger charge is -2.38. The number of fused-ring (bicyclic) bond motifs is 1. The number of aromatic nitrogens is 3. The molecule has 2 aromatic heterocycles. The van der Waals surface area contributed by atoms with Gasteiger partial charge in [0.2, 0.25) is 10.0 Å². The molecule has 0 spiro atoms. The van der Waals surface area contributed by atoms with Crippen LogP contribution in [0.3, 0.4) is 0 Å². The third-order valence-corrected chi connectivity index (χ3v) is 9.32. The van der Waals surface area contributed by atoms with E-state index in [1.807, 2.05) is 6.92 Å². The van der Waals surface area contributed by atoms with E-state index in [9.17, 15) is 23.1 Å². The fourth-order valence-corrected chi connectivity index (χ4v) is 6.39. The maximum absolute atomic E-state index is 13.7. The zero-order valence-corrected chi connectivity index (χ0v) is 25.0. The van der Waals surface area contributed by atoms with Crippen molar-refractivity contribution in [2.75, 3.05) is 32.1 Å². The molecule has 14 heteroatoms. The van der Waals surface area contributed by atoms with Gasteiger partial charge in [-0.2, -0.15) is 9.40 Å². The van der Waals surface area contributed by atoms with E-state index in [1.54, 1.807) is 52.1 Å². The largest absolute Gasteiger partial charge is 0.486 e. The lowest BCUT2D eigenvalue weighted by molar-refractivity contribution is 0.0388. The number of nitrogens with zero attached hydrogens (tertiary/aromatic N) is 5. The highest BCUT2D eigenvalue weighted by atomic mass is 32.2. The van der Waals surface area contributed by atoms with Crippen LogP contribution in [-0.2, 0) is 17.1 Å². The third kappa shape index (κ3) is 5.85. The summed E-state index contributed by atoms with van der Waals surface area (Å²) in [5.41, 5.74) is 1.64. The third-order valence-electron chi connectivity index (χ3n) is 7.25. The van der Waals surface area contributed by atoms with Gasteiger partial charge in [0.15, 0.2) is 11.5 Å². The number of ether oxygens (including phenoxy) is 1. The molecule has 0 bridgehead atoms. The molecule has 13 nitrogen and oxygen atoms in total. The van der Waals surface area contributed by atoms with Gasteiger partial charge in [-0.25, -0.2) is 8.42 Å². The first-order valence-electron chi connectivity index (χ1n) is 13.2. The monoisotopic (exact) mass is 588 g/mol. The van der Waals surface area contributed by atoms with Crippen LogP contribution in [0.25, 0.3) is 0 Å². The van der Waals surface area contributed by atoms with Crippen LogP contribution < -0.4 is 10.1 Å². The summed E-state index contributed by atoms with van der Waals surface area (Å²) in [4.78, 5) is 28.4. The predicted octanol–water partition coefficient (Wildman–Crippen LogP) is 2.13. The minimum Gasteiger partial charge on any atom is -0.486 e. The minimum atomic E-state index is -3.99. The van der Waals surface area contributed by atoms with Gasteiger partial charge in [-0.3, -0.25) is 14.3 Å². The molecule has 1 aromatic carbocycles. The van der Waals surface area contributed by atoms with Gasteiger partial charge in [0.05, 0.1) is 36.1 Å². The number of hydrogen-bond acceptors (Lipinski definition) is 9. The van der Waals surface area contributed by atoms with Crippen molar-refractivity contribution in [2.45, 2.75) is 51.7 Å². The molecule has 0 saturated heterocycles. The Kier molecular flexibility index (Phi) is 8.57. The average molecular weight is 589 g/mol. The number of nitrogens with one attached hydrogen (secondary N) is 1. The zero-order chi connectivity index (χ0) is 30.2. The summed E-state index contributed by atoms with van der Waals surface area (Å²) in [7, 11) is -0.903. The van der Waals surface area contributed by atoms with E-state index in [0.29, 0.717) is 11.4 Å². The molecule has 3 atom stereocenters. The van der Waals surface area contributed by atoms with Crippen molar-refractivity contribution in [1.82, 2.24) is 24.1 Å². The van der Waals surface area contributed by atoms with E-state index in [4.69, 9.17) is 9.26 Å². The van der Waals surface area contributed by atoms with Crippen molar-refractivity contribution < 1.29 is 32.4 Å². The molecule has 0 unspecified atom stereocenters. The normalized spacial score (nSPS) is 18.5. The van der Waals surface area contributed by atoms with Crippen molar-refractivity contribution in [3.63, 3.8) is 0 Å². The van der Waals surface area contributed by atoms with Crippen molar-refractivity contribution >= 4 is 27.5 Å². The summed E-state index contributed by atoms with van der Waals surface area (Å²) in [6.45, 7) is 8.29. The molecule has 3 heterocycles.